The van der Waals surface area contributed by atoms with Crippen molar-refractivity contribution in [2.45, 2.75) is 51.1 Å². The molecule has 0 aliphatic carbocycles. The van der Waals surface area contributed by atoms with Gasteiger partial charge in [-0.2, -0.15) is 0 Å². The van der Waals surface area contributed by atoms with Crippen molar-refractivity contribution in [3.05, 3.63) is 17.3 Å². The lowest BCUT2D eigenvalue weighted by molar-refractivity contribution is -0.180. The highest BCUT2D eigenvalue weighted by Crippen LogP contribution is 2.38. The molecular formula is C14H17ClN4O4. The molecule has 9 heteroatoms. The second kappa shape index (κ2) is 5.09. The predicted molar refractivity (Wildman–Crippen MR) is 79.9 cm³/mol. The van der Waals surface area contributed by atoms with Crippen molar-refractivity contribution in [2.24, 2.45) is 0 Å². The third-order valence-corrected chi connectivity index (χ3v) is 4.31. The van der Waals surface area contributed by atoms with E-state index in [9.17, 15) is 5.11 Å². The molecule has 2 fully saturated rings. The van der Waals surface area contributed by atoms with Gasteiger partial charge < -0.3 is 19.3 Å². The lowest BCUT2D eigenvalue weighted by atomic mass is 10.0. The monoisotopic (exact) mass is 340 g/mol. The van der Waals surface area contributed by atoms with Gasteiger partial charge in [-0.3, -0.25) is 4.57 Å². The normalized spacial score (nSPS) is 33.1. The molecule has 2 aromatic heterocycles. The number of aliphatic hydroxyl groups excluding tert-OH is 1. The summed E-state index contributed by atoms with van der Waals surface area (Å²) in [5.41, 5.74) is 0.988. The number of aliphatic hydroxyl groups is 1. The lowest BCUT2D eigenvalue weighted by Crippen LogP contribution is -2.49. The first-order chi connectivity index (χ1) is 10.9. The minimum absolute atomic E-state index is 0.274. The smallest absolute Gasteiger partial charge is 0.167 e. The van der Waals surface area contributed by atoms with Gasteiger partial charge in [0.15, 0.2) is 22.8 Å². The van der Waals surface area contributed by atoms with E-state index in [0.29, 0.717) is 23.6 Å². The van der Waals surface area contributed by atoms with Gasteiger partial charge in [0, 0.05) is 0 Å². The summed E-state index contributed by atoms with van der Waals surface area (Å²) < 4.78 is 19.0. The Hall–Kier alpha value is -1.32. The molecule has 2 aliphatic rings. The summed E-state index contributed by atoms with van der Waals surface area (Å²) in [7, 11) is 0. The largest absolute Gasteiger partial charge is 0.386 e. The highest BCUT2D eigenvalue weighted by molar-refractivity contribution is 6.33. The Morgan fingerprint density at radius 3 is 2.91 bits per heavy atom. The van der Waals surface area contributed by atoms with Crippen LogP contribution in [0.4, 0.5) is 0 Å². The van der Waals surface area contributed by atoms with Crippen molar-refractivity contribution in [2.75, 3.05) is 6.61 Å². The fourth-order valence-corrected chi connectivity index (χ4v) is 3.41. The number of imidazole rings is 1. The van der Waals surface area contributed by atoms with Crippen LogP contribution in [0.25, 0.3) is 11.2 Å². The zero-order valence-electron chi connectivity index (χ0n) is 12.9. The van der Waals surface area contributed by atoms with Gasteiger partial charge in [0.2, 0.25) is 0 Å². The standard InChI is InChI=1S/C14H17ClN4O4/c1-6-17-11(15)8-12(18-6)19(5-16-8)13-9(20)10-7(4-21-13)22-14(2,3)23-10/h5,7,9-10,13,20H,4H2,1-3H3/t7-,9+,10-,13+/m0/s1. The number of nitrogens with zero attached hydrogens (tertiary/aromatic N) is 4. The second-order valence-electron chi connectivity index (χ2n) is 6.24. The minimum atomic E-state index is -0.915. The van der Waals surface area contributed by atoms with Crippen molar-refractivity contribution in [3.8, 4) is 0 Å². The molecule has 0 saturated carbocycles. The average Bonchev–Trinajstić information content (AvgIpc) is 3.00. The van der Waals surface area contributed by atoms with Crippen molar-refractivity contribution in [1.82, 2.24) is 19.5 Å². The number of hydrogen-bond acceptors (Lipinski definition) is 7. The lowest BCUT2D eigenvalue weighted by Gasteiger charge is -2.35. The maximum absolute atomic E-state index is 10.7. The zero-order valence-corrected chi connectivity index (χ0v) is 13.7. The molecule has 0 spiro atoms. The number of aryl methyl sites for hydroxylation is 1. The van der Waals surface area contributed by atoms with E-state index in [1.54, 1.807) is 17.8 Å². The van der Waals surface area contributed by atoms with Crippen LogP contribution in [0, 0.1) is 6.92 Å². The van der Waals surface area contributed by atoms with Gasteiger partial charge in [-0.25, -0.2) is 15.0 Å². The van der Waals surface area contributed by atoms with Crippen LogP contribution in [0.5, 0.6) is 0 Å². The highest BCUT2D eigenvalue weighted by atomic mass is 35.5. The average molecular weight is 341 g/mol. The molecule has 4 rings (SSSR count). The summed E-state index contributed by atoms with van der Waals surface area (Å²) in [6, 6.07) is 0. The maximum Gasteiger partial charge on any atom is 0.167 e. The Bertz CT molecular complexity index is 765. The van der Waals surface area contributed by atoms with Crippen LogP contribution >= 0.6 is 11.6 Å². The quantitative estimate of drug-likeness (QED) is 0.780. The Labute approximate surface area is 137 Å². The Morgan fingerprint density at radius 2 is 2.13 bits per heavy atom. The van der Waals surface area contributed by atoms with Crippen molar-refractivity contribution >= 4 is 22.8 Å². The summed E-state index contributed by atoms with van der Waals surface area (Å²) >= 11 is 6.10. The molecule has 124 valence electrons. The number of aromatic nitrogens is 4. The van der Waals surface area contributed by atoms with Crippen molar-refractivity contribution < 1.29 is 19.3 Å². The summed E-state index contributed by atoms with van der Waals surface area (Å²) in [6.45, 7) is 5.69. The first-order valence-corrected chi connectivity index (χ1v) is 7.75. The van der Waals surface area contributed by atoms with Crippen LogP contribution in [0.1, 0.15) is 25.9 Å². The van der Waals surface area contributed by atoms with Crippen LogP contribution < -0.4 is 0 Å². The van der Waals surface area contributed by atoms with E-state index in [4.69, 9.17) is 25.8 Å². The van der Waals surface area contributed by atoms with Gasteiger partial charge in [-0.1, -0.05) is 11.6 Å². The zero-order chi connectivity index (χ0) is 16.4. The number of rotatable bonds is 1. The first-order valence-electron chi connectivity index (χ1n) is 7.38. The predicted octanol–water partition coefficient (Wildman–Crippen LogP) is 1.20. The summed E-state index contributed by atoms with van der Waals surface area (Å²) in [6.07, 6.45) is -0.823. The second-order valence-corrected chi connectivity index (χ2v) is 6.60. The van der Waals surface area contributed by atoms with E-state index >= 15 is 0 Å². The van der Waals surface area contributed by atoms with E-state index in [0.717, 1.165) is 0 Å². The van der Waals surface area contributed by atoms with Gasteiger partial charge in [0.05, 0.1) is 12.9 Å². The molecule has 23 heavy (non-hydrogen) atoms. The Kier molecular flexibility index (Phi) is 3.37. The molecule has 0 unspecified atom stereocenters. The van der Waals surface area contributed by atoms with Crippen LogP contribution in [0.2, 0.25) is 5.15 Å². The number of ether oxygens (including phenoxy) is 3. The van der Waals surface area contributed by atoms with E-state index in [1.807, 2.05) is 13.8 Å². The SMILES string of the molecule is Cc1nc(Cl)c2ncn([C@@H]3OC[C@@H]4OC(C)(C)O[C@@H]4[C@H]3O)c2n1. The van der Waals surface area contributed by atoms with Crippen LogP contribution in [0.3, 0.4) is 0 Å². The Morgan fingerprint density at radius 1 is 1.35 bits per heavy atom. The molecule has 0 bridgehead atoms. The fraction of sp³-hybridized carbons (Fsp3) is 0.643. The van der Waals surface area contributed by atoms with Gasteiger partial charge in [0.25, 0.3) is 0 Å². The summed E-state index contributed by atoms with van der Waals surface area (Å²) in [5, 5.41) is 11.0. The number of fused-ring (bicyclic) bond motifs is 2. The third kappa shape index (κ3) is 2.41. The first kappa shape index (κ1) is 15.2. The fourth-order valence-electron chi connectivity index (χ4n) is 3.15. The number of halogens is 1. The molecule has 8 nitrogen and oxygen atoms in total. The summed E-state index contributed by atoms with van der Waals surface area (Å²) in [4.78, 5) is 12.7. The van der Waals surface area contributed by atoms with Gasteiger partial charge in [-0.05, 0) is 20.8 Å². The van der Waals surface area contributed by atoms with Gasteiger partial charge in [0.1, 0.15) is 29.7 Å². The van der Waals surface area contributed by atoms with E-state index in [-0.39, 0.29) is 11.3 Å². The van der Waals surface area contributed by atoms with E-state index < -0.39 is 24.2 Å². The molecule has 2 aliphatic heterocycles. The van der Waals surface area contributed by atoms with Crippen LogP contribution in [-0.4, -0.2) is 55.3 Å². The molecule has 0 amide bonds. The van der Waals surface area contributed by atoms with Crippen LogP contribution in [0.15, 0.2) is 6.33 Å². The molecule has 0 radical (unpaired) electrons. The van der Waals surface area contributed by atoms with E-state index in [1.165, 1.54) is 0 Å². The minimum Gasteiger partial charge on any atom is -0.386 e. The Balaban J connectivity index is 1.72. The maximum atomic E-state index is 10.7. The molecule has 4 heterocycles. The van der Waals surface area contributed by atoms with Gasteiger partial charge in [-0.15, -0.1) is 0 Å². The van der Waals surface area contributed by atoms with Crippen molar-refractivity contribution in [1.29, 1.82) is 0 Å². The topological polar surface area (TPSA) is 91.5 Å². The number of hydrogen-bond donors (Lipinski definition) is 1. The third-order valence-electron chi connectivity index (χ3n) is 4.05. The molecular weight excluding hydrogens is 324 g/mol. The van der Waals surface area contributed by atoms with Gasteiger partial charge >= 0.3 is 0 Å². The molecule has 4 atom stereocenters. The van der Waals surface area contributed by atoms with Crippen molar-refractivity contribution in [3.63, 3.8) is 0 Å². The molecule has 2 saturated heterocycles. The molecule has 0 aromatic carbocycles. The molecule has 2 aromatic rings. The highest BCUT2D eigenvalue weighted by Gasteiger charge is 2.51. The summed E-state index contributed by atoms with van der Waals surface area (Å²) in [5.74, 6) is -0.220. The molecule has 1 N–H and O–H groups in total. The van der Waals surface area contributed by atoms with E-state index in [2.05, 4.69) is 15.0 Å². The van der Waals surface area contributed by atoms with Crippen LogP contribution in [-0.2, 0) is 14.2 Å².